The number of hydrogen-bond donors (Lipinski definition) is 0. The topological polar surface area (TPSA) is 52.3 Å². The smallest absolute Gasteiger partial charge is 0.290 e. The van der Waals surface area contributed by atoms with E-state index in [0.29, 0.717) is 12.0 Å². The van der Waals surface area contributed by atoms with Crippen LogP contribution in [0.1, 0.15) is 10.6 Å². The summed E-state index contributed by atoms with van der Waals surface area (Å²) >= 11 is 0. The molecule has 0 bridgehead atoms. The van der Waals surface area contributed by atoms with E-state index in [0.717, 1.165) is 10.9 Å². The van der Waals surface area contributed by atoms with E-state index in [4.69, 9.17) is 9.15 Å². The van der Waals surface area contributed by atoms with Crippen molar-refractivity contribution in [3.63, 3.8) is 0 Å². The largest absolute Gasteiger partial charge is 0.424 e. The van der Waals surface area contributed by atoms with Crippen LogP contribution in [0.2, 0.25) is 0 Å². The second kappa shape index (κ2) is 4.33. The number of carbonyl (C=O) groups excluding carboxylic acids is 1. The molecule has 4 nitrogen and oxygen atoms in total. The molecule has 0 saturated heterocycles. The molecule has 1 aromatic carbocycles. The van der Waals surface area contributed by atoms with Gasteiger partial charge in [-0.1, -0.05) is 18.2 Å². The average molecular weight is 239 g/mol. The molecule has 0 amide bonds. The summed E-state index contributed by atoms with van der Waals surface area (Å²) in [6.45, 7) is 0. The predicted molar refractivity (Wildman–Crippen MR) is 65.9 cm³/mol. The highest BCUT2D eigenvalue weighted by Gasteiger charge is 2.04. The number of nitrogens with zero attached hydrogens (tertiary/aromatic N) is 1. The van der Waals surface area contributed by atoms with E-state index in [9.17, 15) is 4.79 Å². The average Bonchev–Trinajstić information content (AvgIpc) is 2.86. The van der Waals surface area contributed by atoms with Crippen molar-refractivity contribution >= 4 is 17.2 Å². The van der Waals surface area contributed by atoms with E-state index in [-0.39, 0.29) is 11.7 Å². The van der Waals surface area contributed by atoms with Gasteiger partial charge in [0.1, 0.15) is 5.75 Å². The number of benzene rings is 1. The Hall–Kier alpha value is -2.62. The molecule has 0 aliphatic heterocycles. The molecule has 0 spiro atoms. The number of carbonyl (C=O) groups is 1. The van der Waals surface area contributed by atoms with Gasteiger partial charge in [-0.3, -0.25) is 9.78 Å². The van der Waals surface area contributed by atoms with Gasteiger partial charge in [-0.05, 0) is 18.2 Å². The van der Waals surface area contributed by atoms with Gasteiger partial charge in [-0.25, -0.2) is 0 Å². The Kier molecular flexibility index (Phi) is 2.53. The van der Waals surface area contributed by atoms with Gasteiger partial charge in [-0.15, -0.1) is 0 Å². The Morgan fingerprint density at radius 1 is 1.17 bits per heavy atom. The molecule has 3 aromatic rings. The van der Waals surface area contributed by atoms with Gasteiger partial charge in [0.15, 0.2) is 12.0 Å². The summed E-state index contributed by atoms with van der Waals surface area (Å²) < 4.78 is 10.6. The fourth-order valence-corrected chi connectivity index (χ4v) is 1.68. The van der Waals surface area contributed by atoms with E-state index in [2.05, 4.69) is 4.98 Å². The first-order chi connectivity index (χ1) is 8.85. The molecular formula is C14H9NO3. The zero-order valence-electron chi connectivity index (χ0n) is 9.37. The summed E-state index contributed by atoms with van der Waals surface area (Å²) in [6, 6.07) is 12.8. The highest BCUT2D eigenvalue weighted by Crippen LogP contribution is 2.25. The normalized spacial score (nSPS) is 10.4. The minimum absolute atomic E-state index is 0.235. The maximum Gasteiger partial charge on any atom is 0.290 e. The maximum absolute atomic E-state index is 10.5. The Labute approximate surface area is 103 Å². The van der Waals surface area contributed by atoms with Crippen molar-refractivity contribution in [2.24, 2.45) is 0 Å². The number of furan rings is 1. The van der Waals surface area contributed by atoms with Crippen LogP contribution in [-0.4, -0.2) is 11.3 Å². The zero-order valence-corrected chi connectivity index (χ0v) is 9.37. The van der Waals surface area contributed by atoms with Gasteiger partial charge in [-0.2, -0.15) is 0 Å². The molecule has 88 valence electrons. The number of hydrogen-bond acceptors (Lipinski definition) is 4. The summed E-state index contributed by atoms with van der Waals surface area (Å²) in [5, 5.41) is 0.983. The van der Waals surface area contributed by atoms with Crippen LogP contribution in [0.25, 0.3) is 10.9 Å². The first-order valence-electron chi connectivity index (χ1n) is 5.43. The number of pyridine rings is 1. The second-order valence-electron chi connectivity index (χ2n) is 3.74. The highest BCUT2D eigenvalue weighted by molar-refractivity contribution is 5.79. The molecule has 0 unspecified atom stereocenters. The molecule has 18 heavy (non-hydrogen) atoms. The lowest BCUT2D eigenvalue weighted by molar-refractivity contribution is 0.109. The van der Waals surface area contributed by atoms with E-state index in [1.54, 1.807) is 18.3 Å². The third-order valence-corrected chi connectivity index (χ3v) is 2.50. The van der Waals surface area contributed by atoms with E-state index in [1.807, 2.05) is 30.3 Å². The van der Waals surface area contributed by atoms with Crippen LogP contribution in [0.3, 0.4) is 0 Å². The Morgan fingerprint density at radius 3 is 2.89 bits per heavy atom. The van der Waals surface area contributed by atoms with Gasteiger partial charge in [0.2, 0.25) is 0 Å². The van der Waals surface area contributed by atoms with Crippen molar-refractivity contribution in [3.05, 3.63) is 54.4 Å². The number of ether oxygens (including phenoxy) is 1. The van der Waals surface area contributed by atoms with Crippen LogP contribution >= 0.6 is 0 Å². The molecule has 2 heterocycles. The molecule has 0 aliphatic rings. The standard InChI is InChI=1S/C14H9NO3/c16-9-11-5-6-14(17-11)18-12-7-10-3-1-2-4-13(10)15-8-12/h1-9H. The third kappa shape index (κ3) is 1.96. The summed E-state index contributed by atoms with van der Waals surface area (Å²) in [6.07, 6.45) is 2.25. The van der Waals surface area contributed by atoms with Crippen LogP contribution < -0.4 is 4.74 Å². The number of aromatic nitrogens is 1. The van der Waals surface area contributed by atoms with Crippen LogP contribution in [0, 0.1) is 0 Å². The Morgan fingerprint density at radius 2 is 2.06 bits per heavy atom. The molecule has 0 radical (unpaired) electrons. The fraction of sp³-hybridized carbons (Fsp3) is 0. The highest BCUT2D eigenvalue weighted by atomic mass is 16.6. The minimum atomic E-state index is 0.235. The molecule has 0 atom stereocenters. The fourth-order valence-electron chi connectivity index (χ4n) is 1.68. The lowest BCUT2D eigenvalue weighted by atomic mass is 10.2. The third-order valence-electron chi connectivity index (χ3n) is 2.50. The Bertz CT molecular complexity index is 703. The van der Waals surface area contributed by atoms with Gasteiger partial charge in [0, 0.05) is 11.5 Å². The van der Waals surface area contributed by atoms with E-state index >= 15 is 0 Å². The van der Waals surface area contributed by atoms with Crippen molar-refractivity contribution in [2.75, 3.05) is 0 Å². The number of aldehydes is 1. The quantitative estimate of drug-likeness (QED) is 0.657. The Balaban J connectivity index is 1.92. The monoisotopic (exact) mass is 239 g/mol. The lowest BCUT2D eigenvalue weighted by Gasteiger charge is -2.02. The molecule has 3 rings (SSSR count). The van der Waals surface area contributed by atoms with Gasteiger partial charge in [0.05, 0.1) is 11.7 Å². The summed E-state index contributed by atoms with van der Waals surface area (Å²) in [5.41, 5.74) is 0.901. The van der Waals surface area contributed by atoms with Crippen molar-refractivity contribution in [3.8, 4) is 11.7 Å². The van der Waals surface area contributed by atoms with Gasteiger partial charge >= 0.3 is 0 Å². The summed E-state index contributed by atoms with van der Waals surface area (Å²) in [4.78, 5) is 14.8. The second-order valence-corrected chi connectivity index (χ2v) is 3.74. The molecule has 2 aromatic heterocycles. The number of fused-ring (bicyclic) bond motifs is 1. The van der Waals surface area contributed by atoms with Crippen molar-refractivity contribution in [1.82, 2.24) is 4.98 Å². The van der Waals surface area contributed by atoms with Crippen LogP contribution in [0.4, 0.5) is 0 Å². The molecular weight excluding hydrogens is 230 g/mol. The van der Waals surface area contributed by atoms with Crippen LogP contribution in [0.5, 0.6) is 11.7 Å². The molecule has 0 saturated carbocycles. The van der Waals surface area contributed by atoms with Crippen LogP contribution in [-0.2, 0) is 0 Å². The van der Waals surface area contributed by atoms with Crippen molar-refractivity contribution in [2.45, 2.75) is 0 Å². The van der Waals surface area contributed by atoms with E-state index in [1.165, 1.54) is 0 Å². The lowest BCUT2D eigenvalue weighted by Crippen LogP contribution is -1.84. The number of para-hydroxylation sites is 1. The molecule has 0 aliphatic carbocycles. The van der Waals surface area contributed by atoms with Gasteiger partial charge < -0.3 is 9.15 Å². The minimum Gasteiger partial charge on any atom is -0.424 e. The SMILES string of the molecule is O=Cc1ccc(Oc2cnc3ccccc3c2)o1. The predicted octanol–water partition coefficient (Wildman–Crippen LogP) is 3.43. The van der Waals surface area contributed by atoms with Crippen molar-refractivity contribution < 1.29 is 13.9 Å². The number of rotatable bonds is 3. The van der Waals surface area contributed by atoms with Crippen LogP contribution in [0.15, 0.2) is 53.1 Å². The molecule has 0 N–H and O–H groups in total. The molecule has 0 fully saturated rings. The zero-order chi connectivity index (χ0) is 12.4. The van der Waals surface area contributed by atoms with Gasteiger partial charge in [0.25, 0.3) is 5.95 Å². The van der Waals surface area contributed by atoms with E-state index < -0.39 is 0 Å². The summed E-state index contributed by atoms with van der Waals surface area (Å²) in [7, 11) is 0. The molecule has 4 heteroatoms. The maximum atomic E-state index is 10.5. The summed E-state index contributed by atoms with van der Waals surface area (Å²) in [5.74, 6) is 1.08. The first-order valence-corrected chi connectivity index (χ1v) is 5.43. The van der Waals surface area contributed by atoms with Crippen molar-refractivity contribution in [1.29, 1.82) is 0 Å². The first kappa shape index (κ1) is 10.5.